The fourth-order valence-electron chi connectivity index (χ4n) is 2.16. The first-order valence-electron chi connectivity index (χ1n) is 7.34. The van der Waals surface area contributed by atoms with Gasteiger partial charge >= 0.3 is 0 Å². The molecule has 0 saturated heterocycles. The first-order chi connectivity index (χ1) is 10.3. The van der Waals surface area contributed by atoms with Crippen LogP contribution < -0.4 is 4.72 Å². The van der Waals surface area contributed by atoms with Crippen molar-refractivity contribution in [2.75, 3.05) is 6.54 Å². The molecule has 7 nitrogen and oxygen atoms in total. The van der Waals surface area contributed by atoms with Crippen molar-refractivity contribution in [1.29, 1.82) is 0 Å². The third kappa shape index (κ3) is 3.95. The van der Waals surface area contributed by atoms with Crippen LogP contribution in [0.3, 0.4) is 0 Å². The molecule has 0 atom stereocenters. The highest BCUT2D eigenvalue weighted by Crippen LogP contribution is 2.11. The van der Waals surface area contributed by atoms with Crippen LogP contribution in [0.2, 0.25) is 0 Å². The summed E-state index contributed by atoms with van der Waals surface area (Å²) in [6.45, 7) is 8.89. The molecule has 8 heteroatoms. The molecule has 2 rings (SSSR count). The van der Waals surface area contributed by atoms with Gasteiger partial charge in [-0.15, -0.1) is 0 Å². The van der Waals surface area contributed by atoms with Crippen molar-refractivity contribution in [3.63, 3.8) is 0 Å². The predicted octanol–water partition coefficient (Wildman–Crippen LogP) is 1.65. The van der Waals surface area contributed by atoms with E-state index < -0.39 is 10.0 Å². The highest BCUT2D eigenvalue weighted by Gasteiger charge is 2.16. The van der Waals surface area contributed by atoms with E-state index in [0.29, 0.717) is 19.5 Å². The van der Waals surface area contributed by atoms with E-state index in [1.807, 2.05) is 38.4 Å². The molecule has 0 aromatic carbocycles. The van der Waals surface area contributed by atoms with Crippen LogP contribution in [0.5, 0.6) is 0 Å². The standard InChI is InChI=1S/C14H23N5O2S/c1-11(2)19-10-14(9-15-19)22(20,21)16-6-5-7-18-13(4)8-12(3)17-18/h8-11,16H,5-7H2,1-4H3. The Morgan fingerprint density at radius 1 is 1.32 bits per heavy atom. The van der Waals surface area contributed by atoms with E-state index in [-0.39, 0.29) is 10.9 Å². The Hall–Kier alpha value is -1.67. The van der Waals surface area contributed by atoms with Crippen molar-refractivity contribution in [3.05, 3.63) is 29.8 Å². The molecule has 0 bridgehead atoms. The van der Waals surface area contributed by atoms with Crippen LogP contribution in [0.1, 0.15) is 37.7 Å². The van der Waals surface area contributed by atoms with E-state index in [4.69, 9.17) is 0 Å². The Labute approximate surface area is 131 Å². The lowest BCUT2D eigenvalue weighted by Gasteiger charge is -2.07. The Morgan fingerprint density at radius 2 is 2.05 bits per heavy atom. The summed E-state index contributed by atoms with van der Waals surface area (Å²) in [6, 6.07) is 2.14. The molecule has 0 aliphatic rings. The highest BCUT2D eigenvalue weighted by atomic mass is 32.2. The minimum absolute atomic E-state index is 0.134. The zero-order chi connectivity index (χ0) is 16.3. The molecular weight excluding hydrogens is 302 g/mol. The fourth-order valence-corrected chi connectivity index (χ4v) is 3.17. The summed E-state index contributed by atoms with van der Waals surface area (Å²) in [4.78, 5) is 0.201. The molecule has 1 N–H and O–H groups in total. The van der Waals surface area contributed by atoms with Crippen LogP contribution in [0, 0.1) is 13.8 Å². The second kappa shape index (κ2) is 6.62. The number of aromatic nitrogens is 4. The van der Waals surface area contributed by atoms with Gasteiger partial charge in [0.2, 0.25) is 10.0 Å². The van der Waals surface area contributed by atoms with Crippen LogP contribution in [0.4, 0.5) is 0 Å². The lowest BCUT2D eigenvalue weighted by Crippen LogP contribution is -2.25. The van der Waals surface area contributed by atoms with Crippen molar-refractivity contribution in [2.24, 2.45) is 0 Å². The average Bonchev–Trinajstić information content (AvgIpc) is 3.02. The van der Waals surface area contributed by atoms with Crippen molar-refractivity contribution in [3.8, 4) is 0 Å². The van der Waals surface area contributed by atoms with E-state index in [9.17, 15) is 8.42 Å². The normalized spacial score (nSPS) is 12.2. The molecule has 0 aliphatic heterocycles. The summed E-state index contributed by atoms with van der Waals surface area (Å²) in [5, 5.41) is 8.41. The molecule has 122 valence electrons. The third-order valence-electron chi connectivity index (χ3n) is 3.36. The summed E-state index contributed by atoms with van der Waals surface area (Å²) in [5.74, 6) is 0. The van der Waals surface area contributed by atoms with Crippen molar-refractivity contribution in [2.45, 2.75) is 51.6 Å². The zero-order valence-electron chi connectivity index (χ0n) is 13.4. The topological polar surface area (TPSA) is 81.8 Å². The number of rotatable bonds is 7. The van der Waals surface area contributed by atoms with Gasteiger partial charge < -0.3 is 0 Å². The smallest absolute Gasteiger partial charge is 0.243 e. The summed E-state index contributed by atoms with van der Waals surface area (Å²) >= 11 is 0. The second-order valence-corrected chi connectivity index (χ2v) is 7.42. The van der Waals surface area contributed by atoms with Crippen LogP contribution in [0.25, 0.3) is 0 Å². The summed E-state index contributed by atoms with van der Waals surface area (Å²) < 4.78 is 30.4. The fraction of sp³-hybridized carbons (Fsp3) is 0.571. The van der Waals surface area contributed by atoms with Crippen molar-refractivity contribution >= 4 is 10.0 Å². The first-order valence-corrected chi connectivity index (χ1v) is 8.83. The SMILES string of the molecule is Cc1cc(C)n(CCCNS(=O)(=O)c2cnn(C(C)C)c2)n1. The number of hydrogen-bond donors (Lipinski definition) is 1. The van der Waals surface area contributed by atoms with Crippen molar-refractivity contribution < 1.29 is 8.42 Å². The Morgan fingerprint density at radius 3 is 2.59 bits per heavy atom. The number of hydrogen-bond acceptors (Lipinski definition) is 4. The zero-order valence-corrected chi connectivity index (χ0v) is 14.3. The van der Waals surface area contributed by atoms with Gasteiger partial charge in [0.25, 0.3) is 0 Å². The van der Waals surface area contributed by atoms with Crippen molar-refractivity contribution in [1.82, 2.24) is 24.3 Å². The molecule has 0 aliphatic carbocycles. The molecule has 2 aromatic heterocycles. The van der Waals surface area contributed by atoms with E-state index >= 15 is 0 Å². The van der Waals surface area contributed by atoms with Crippen LogP contribution in [-0.4, -0.2) is 34.5 Å². The van der Waals surface area contributed by atoms with Gasteiger partial charge in [-0.3, -0.25) is 9.36 Å². The number of nitrogens with one attached hydrogen (secondary N) is 1. The maximum Gasteiger partial charge on any atom is 0.243 e. The molecule has 2 heterocycles. The van der Waals surface area contributed by atoms with Gasteiger partial charge in [0, 0.05) is 31.0 Å². The van der Waals surface area contributed by atoms with Gasteiger partial charge in [-0.25, -0.2) is 13.1 Å². The summed E-state index contributed by atoms with van der Waals surface area (Å²) in [7, 11) is -3.50. The first kappa shape index (κ1) is 16.7. The van der Waals surface area contributed by atoms with Crippen LogP contribution >= 0.6 is 0 Å². The minimum Gasteiger partial charge on any atom is -0.270 e. The Balaban J connectivity index is 1.88. The van der Waals surface area contributed by atoms with E-state index in [1.54, 1.807) is 10.9 Å². The Kier molecular flexibility index (Phi) is 5.02. The maximum absolute atomic E-state index is 12.2. The van der Waals surface area contributed by atoms with E-state index in [2.05, 4.69) is 14.9 Å². The van der Waals surface area contributed by atoms with Gasteiger partial charge in [-0.05, 0) is 40.2 Å². The molecule has 0 spiro atoms. The third-order valence-corrected chi connectivity index (χ3v) is 4.77. The quantitative estimate of drug-likeness (QED) is 0.785. The van der Waals surface area contributed by atoms with Gasteiger partial charge in [0.15, 0.2) is 0 Å². The summed E-state index contributed by atoms with van der Waals surface area (Å²) in [6.07, 6.45) is 3.61. The molecule has 0 radical (unpaired) electrons. The number of nitrogens with zero attached hydrogens (tertiary/aromatic N) is 4. The highest BCUT2D eigenvalue weighted by molar-refractivity contribution is 7.89. The largest absolute Gasteiger partial charge is 0.270 e. The molecule has 0 unspecified atom stereocenters. The van der Waals surface area contributed by atoms with E-state index in [1.165, 1.54) is 6.20 Å². The van der Waals surface area contributed by atoms with Gasteiger partial charge in [-0.2, -0.15) is 10.2 Å². The Bertz CT molecular complexity index is 730. The number of aryl methyl sites for hydroxylation is 3. The molecule has 22 heavy (non-hydrogen) atoms. The number of sulfonamides is 1. The molecule has 0 amide bonds. The van der Waals surface area contributed by atoms with Gasteiger partial charge in [0.05, 0.1) is 11.9 Å². The van der Waals surface area contributed by atoms with Gasteiger partial charge in [-0.1, -0.05) is 0 Å². The average molecular weight is 325 g/mol. The van der Waals surface area contributed by atoms with E-state index in [0.717, 1.165) is 11.4 Å². The maximum atomic E-state index is 12.2. The lowest BCUT2D eigenvalue weighted by molar-refractivity contribution is 0.530. The molecule has 0 fully saturated rings. The minimum atomic E-state index is -3.50. The van der Waals surface area contributed by atoms with Crippen LogP contribution in [-0.2, 0) is 16.6 Å². The van der Waals surface area contributed by atoms with Crippen LogP contribution in [0.15, 0.2) is 23.4 Å². The van der Waals surface area contributed by atoms with Gasteiger partial charge in [0.1, 0.15) is 4.90 Å². The summed E-state index contributed by atoms with van der Waals surface area (Å²) in [5.41, 5.74) is 2.05. The predicted molar refractivity (Wildman–Crippen MR) is 84.1 cm³/mol. The second-order valence-electron chi connectivity index (χ2n) is 5.65. The lowest BCUT2D eigenvalue weighted by atomic mass is 10.4. The molecule has 0 saturated carbocycles. The monoisotopic (exact) mass is 325 g/mol. The molecule has 2 aromatic rings. The molecular formula is C14H23N5O2S.